The van der Waals surface area contributed by atoms with Crippen LogP contribution in [-0.4, -0.2) is 27.2 Å². The van der Waals surface area contributed by atoms with E-state index in [0.717, 1.165) is 25.3 Å². The van der Waals surface area contributed by atoms with Crippen LogP contribution in [0.1, 0.15) is 17.2 Å². The minimum absolute atomic E-state index is 0.376. The molecule has 2 rings (SSSR count). The average Bonchev–Trinajstić information content (AvgIpc) is 2.72. The third-order valence-corrected chi connectivity index (χ3v) is 2.87. The molecule has 0 saturated carbocycles. The lowest BCUT2D eigenvalue weighted by Crippen LogP contribution is -2.27. The fraction of sp³-hybridized carbons (Fsp3) is 0.500. The summed E-state index contributed by atoms with van der Waals surface area (Å²) in [5.41, 5.74) is 2.67. The highest BCUT2D eigenvalue weighted by Gasteiger charge is 2.15. The van der Waals surface area contributed by atoms with Gasteiger partial charge in [-0.3, -0.25) is 0 Å². The van der Waals surface area contributed by atoms with Crippen molar-refractivity contribution >= 4 is 0 Å². The molecule has 0 radical (unpaired) electrons. The predicted octanol–water partition coefficient (Wildman–Crippen LogP) is 1.10. The molecular weight excluding hydrogens is 188 g/mol. The first-order chi connectivity index (χ1) is 7.35. The Kier molecular flexibility index (Phi) is 3.23. The summed E-state index contributed by atoms with van der Waals surface area (Å²) in [6.45, 7) is 1.77. The van der Waals surface area contributed by atoms with E-state index in [1.807, 2.05) is 14.1 Å². The molecule has 0 fully saturated rings. The first-order valence-electron chi connectivity index (χ1n) is 5.42. The summed E-state index contributed by atoms with van der Waals surface area (Å²) >= 11 is 0. The standard InChI is InChI=1S/C12H18N2O/c1-13-8-11(14-2)9-3-4-12-10(7-9)5-6-15-12/h3-4,7,11,13-14H,5-6,8H2,1-2H3. The molecule has 15 heavy (non-hydrogen) atoms. The van der Waals surface area contributed by atoms with Gasteiger partial charge in [0.1, 0.15) is 5.75 Å². The van der Waals surface area contributed by atoms with Crippen LogP contribution < -0.4 is 15.4 Å². The van der Waals surface area contributed by atoms with E-state index in [2.05, 4.69) is 28.8 Å². The van der Waals surface area contributed by atoms with Gasteiger partial charge >= 0.3 is 0 Å². The highest BCUT2D eigenvalue weighted by Crippen LogP contribution is 2.27. The molecule has 1 atom stereocenters. The molecule has 1 aromatic rings. The van der Waals surface area contributed by atoms with Crippen molar-refractivity contribution in [1.29, 1.82) is 0 Å². The topological polar surface area (TPSA) is 33.3 Å². The number of benzene rings is 1. The lowest BCUT2D eigenvalue weighted by molar-refractivity contribution is 0.356. The van der Waals surface area contributed by atoms with E-state index < -0.39 is 0 Å². The van der Waals surface area contributed by atoms with E-state index in [9.17, 15) is 0 Å². The Morgan fingerprint density at radius 2 is 2.27 bits per heavy atom. The van der Waals surface area contributed by atoms with Crippen molar-refractivity contribution in [3.63, 3.8) is 0 Å². The second-order valence-electron chi connectivity index (χ2n) is 3.86. The van der Waals surface area contributed by atoms with Crippen LogP contribution in [0, 0.1) is 0 Å². The molecule has 0 aliphatic carbocycles. The van der Waals surface area contributed by atoms with E-state index in [-0.39, 0.29) is 0 Å². The summed E-state index contributed by atoms with van der Waals surface area (Å²) in [5.74, 6) is 1.05. The molecule has 82 valence electrons. The number of hydrogen-bond donors (Lipinski definition) is 2. The highest BCUT2D eigenvalue weighted by molar-refractivity contribution is 5.40. The van der Waals surface area contributed by atoms with Gasteiger partial charge in [-0.2, -0.15) is 0 Å². The number of fused-ring (bicyclic) bond motifs is 1. The van der Waals surface area contributed by atoms with Crippen molar-refractivity contribution in [2.45, 2.75) is 12.5 Å². The van der Waals surface area contributed by atoms with Crippen LogP contribution in [-0.2, 0) is 6.42 Å². The maximum Gasteiger partial charge on any atom is 0.122 e. The maximum absolute atomic E-state index is 5.49. The maximum atomic E-state index is 5.49. The highest BCUT2D eigenvalue weighted by atomic mass is 16.5. The molecule has 1 aliphatic heterocycles. The Bertz CT molecular complexity index is 338. The van der Waals surface area contributed by atoms with E-state index >= 15 is 0 Å². The second-order valence-corrected chi connectivity index (χ2v) is 3.86. The largest absolute Gasteiger partial charge is 0.493 e. The van der Waals surface area contributed by atoms with Crippen LogP contribution in [0.2, 0.25) is 0 Å². The van der Waals surface area contributed by atoms with E-state index in [4.69, 9.17) is 4.74 Å². The third-order valence-electron chi connectivity index (χ3n) is 2.87. The first-order valence-corrected chi connectivity index (χ1v) is 5.42. The van der Waals surface area contributed by atoms with Gasteiger partial charge in [-0.15, -0.1) is 0 Å². The zero-order chi connectivity index (χ0) is 10.7. The molecule has 0 saturated heterocycles. The van der Waals surface area contributed by atoms with Gasteiger partial charge in [-0.05, 0) is 31.3 Å². The molecular formula is C12H18N2O. The van der Waals surface area contributed by atoms with Gasteiger partial charge in [0, 0.05) is 19.0 Å². The number of nitrogens with one attached hydrogen (secondary N) is 2. The summed E-state index contributed by atoms with van der Waals surface area (Å²) in [7, 11) is 3.96. The van der Waals surface area contributed by atoms with Crippen molar-refractivity contribution in [2.24, 2.45) is 0 Å². The Morgan fingerprint density at radius 3 is 3.00 bits per heavy atom. The van der Waals surface area contributed by atoms with Gasteiger partial charge in [0.05, 0.1) is 6.61 Å². The number of likely N-dealkylation sites (N-methyl/N-ethyl adjacent to an activating group) is 2. The minimum atomic E-state index is 0.376. The minimum Gasteiger partial charge on any atom is -0.493 e. The summed E-state index contributed by atoms with van der Waals surface area (Å²) < 4.78 is 5.49. The number of rotatable bonds is 4. The molecule has 3 nitrogen and oxygen atoms in total. The molecule has 0 bridgehead atoms. The summed E-state index contributed by atoms with van der Waals surface area (Å²) in [4.78, 5) is 0. The van der Waals surface area contributed by atoms with Gasteiger partial charge in [-0.1, -0.05) is 12.1 Å². The lowest BCUT2D eigenvalue weighted by atomic mass is 10.0. The molecule has 1 aromatic carbocycles. The van der Waals surface area contributed by atoms with E-state index in [0.29, 0.717) is 6.04 Å². The molecule has 1 heterocycles. The fourth-order valence-electron chi connectivity index (χ4n) is 2.01. The summed E-state index contributed by atoms with van der Waals surface area (Å²) in [6.07, 6.45) is 1.04. The molecule has 1 aliphatic rings. The van der Waals surface area contributed by atoms with Crippen molar-refractivity contribution in [2.75, 3.05) is 27.2 Å². The van der Waals surface area contributed by atoms with Gasteiger partial charge < -0.3 is 15.4 Å². The molecule has 1 unspecified atom stereocenters. The second kappa shape index (κ2) is 4.64. The summed E-state index contributed by atoms with van der Waals surface area (Å²) in [5, 5.41) is 6.50. The van der Waals surface area contributed by atoms with Crippen molar-refractivity contribution in [1.82, 2.24) is 10.6 Å². The van der Waals surface area contributed by atoms with Gasteiger partial charge in [0.2, 0.25) is 0 Å². The Labute approximate surface area is 90.8 Å². The predicted molar refractivity (Wildman–Crippen MR) is 61.4 cm³/mol. The fourth-order valence-corrected chi connectivity index (χ4v) is 2.01. The lowest BCUT2D eigenvalue weighted by Gasteiger charge is -2.16. The zero-order valence-corrected chi connectivity index (χ0v) is 9.34. The average molecular weight is 206 g/mol. The molecule has 3 heteroatoms. The van der Waals surface area contributed by atoms with Crippen LogP contribution in [0.25, 0.3) is 0 Å². The summed E-state index contributed by atoms with van der Waals surface area (Å²) in [6, 6.07) is 6.85. The molecule has 0 amide bonds. The van der Waals surface area contributed by atoms with E-state index in [1.165, 1.54) is 11.1 Å². The Hall–Kier alpha value is -1.06. The zero-order valence-electron chi connectivity index (χ0n) is 9.34. The molecule has 2 N–H and O–H groups in total. The number of hydrogen-bond acceptors (Lipinski definition) is 3. The van der Waals surface area contributed by atoms with E-state index in [1.54, 1.807) is 0 Å². The van der Waals surface area contributed by atoms with Gasteiger partial charge in [-0.25, -0.2) is 0 Å². The Morgan fingerprint density at radius 1 is 1.40 bits per heavy atom. The normalized spacial score (nSPS) is 15.9. The van der Waals surface area contributed by atoms with Crippen molar-refractivity contribution in [3.05, 3.63) is 29.3 Å². The van der Waals surface area contributed by atoms with Crippen LogP contribution in [0.15, 0.2) is 18.2 Å². The van der Waals surface area contributed by atoms with Crippen LogP contribution in [0.5, 0.6) is 5.75 Å². The van der Waals surface area contributed by atoms with Crippen LogP contribution >= 0.6 is 0 Å². The van der Waals surface area contributed by atoms with Gasteiger partial charge in [0.25, 0.3) is 0 Å². The third kappa shape index (κ3) is 2.13. The van der Waals surface area contributed by atoms with Crippen molar-refractivity contribution < 1.29 is 4.74 Å². The number of ether oxygens (including phenoxy) is 1. The van der Waals surface area contributed by atoms with Crippen molar-refractivity contribution in [3.8, 4) is 5.75 Å². The smallest absolute Gasteiger partial charge is 0.122 e. The van der Waals surface area contributed by atoms with Crippen LogP contribution in [0.4, 0.5) is 0 Å². The first kappa shape index (κ1) is 10.5. The SMILES string of the molecule is CNCC(NC)c1ccc2c(c1)CCO2. The quantitative estimate of drug-likeness (QED) is 0.774. The molecule has 0 aromatic heterocycles. The van der Waals surface area contributed by atoms with Crippen LogP contribution in [0.3, 0.4) is 0 Å². The Balaban J connectivity index is 2.20. The van der Waals surface area contributed by atoms with Gasteiger partial charge in [0.15, 0.2) is 0 Å². The molecule has 0 spiro atoms. The monoisotopic (exact) mass is 206 g/mol.